The Balaban J connectivity index is 1.55. The van der Waals surface area contributed by atoms with Crippen LogP contribution in [0.5, 0.6) is 0 Å². The van der Waals surface area contributed by atoms with Crippen LogP contribution >= 0.6 is 0 Å². The third-order valence-corrected chi connectivity index (χ3v) is 6.43. The molecule has 0 aliphatic heterocycles. The molecule has 140 valence electrons. The molecule has 2 amide bonds. The van der Waals surface area contributed by atoms with Crippen molar-refractivity contribution in [2.45, 2.75) is 64.8 Å². The average molecular weight is 354 g/mol. The number of carbonyl (C=O) groups excluding carboxylic acids is 2. The zero-order chi connectivity index (χ0) is 18.5. The third-order valence-electron chi connectivity index (χ3n) is 6.43. The topological polar surface area (TPSA) is 58.2 Å². The quantitative estimate of drug-likeness (QED) is 0.847. The van der Waals surface area contributed by atoms with Gasteiger partial charge in [-0.15, -0.1) is 0 Å². The van der Waals surface area contributed by atoms with Gasteiger partial charge in [-0.3, -0.25) is 9.59 Å². The fourth-order valence-electron chi connectivity index (χ4n) is 5.84. The van der Waals surface area contributed by atoms with E-state index in [0.29, 0.717) is 11.3 Å². The molecule has 0 atom stereocenters. The summed E-state index contributed by atoms with van der Waals surface area (Å²) in [7, 11) is 0. The van der Waals surface area contributed by atoms with E-state index in [1.165, 1.54) is 19.3 Å². The number of carbonyl (C=O) groups is 2. The molecule has 0 heterocycles. The summed E-state index contributed by atoms with van der Waals surface area (Å²) in [6, 6.07) is 7.35. The molecule has 4 bridgehead atoms. The van der Waals surface area contributed by atoms with Gasteiger partial charge in [-0.1, -0.05) is 12.1 Å². The van der Waals surface area contributed by atoms with Crippen molar-refractivity contribution in [3.05, 3.63) is 29.8 Å². The predicted molar refractivity (Wildman–Crippen MR) is 103 cm³/mol. The molecule has 4 fully saturated rings. The molecule has 4 saturated carbocycles. The smallest absolute Gasteiger partial charge is 0.253 e. The van der Waals surface area contributed by atoms with Gasteiger partial charge in [-0.25, -0.2) is 0 Å². The minimum Gasteiger partial charge on any atom is -0.347 e. The molecule has 2 N–H and O–H groups in total. The second-order valence-corrected chi connectivity index (χ2v) is 9.90. The second kappa shape index (κ2) is 6.11. The van der Waals surface area contributed by atoms with Gasteiger partial charge in [0.1, 0.15) is 0 Å². The molecule has 1 aromatic rings. The molecule has 26 heavy (non-hydrogen) atoms. The largest absolute Gasteiger partial charge is 0.347 e. The minimum absolute atomic E-state index is 0.132. The Morgan fingerprint density at radius 3 is 2.04 bits per heavy atom. The molecular formula is C22H30N2O2. The predicted octanol–water partition coefficient (Wildman–Crippen LogP) is 4.37. The summed E-state index contributed by atoms with van der Waals surface area (Å²) in [5.41, 5.74) is 0.659. The van der Waals surface area contributed by atoms with Crippen LogP contribution in [0.15, 0.2) is 24.3 Å². The maximum atomic E-state index is 13.3. The van der Waals surface area contributed by atoms with Crippen molar-refractivity contribution in [2.24, 2.45) is 23.2 Å². The van der Waals surface area contributed by atoms with E-state index in [0.717, 1.165) is 37.0 Å². The van der Waals surface area contributed by atoms with Crippen LogP contribution in [0.4, 0.5) is 5.69 Å². The van der Waals surface area contributed by atoms with Gasteiger partial charge in [0.2, 0.25) is 5.91 Å². The Morgan fingerprint density at radius 1 is 0.962 bits per heavy atom. The molecule has 4 nitrogen and oxygen atoms in total. The van der Waals surface area contributed by atoms with E-state index >= 15 is 0 Å². The molecule has 4 heteroatoms. The first-order valence-electron chi connectivity index (χ1n) is 9.97. The normalized spacial score (nSPS) is 32.3. The van der Waals surface area contributed by atoms with E-state index in [1.807, 2.05) is 39.0 Å². The molecule has 0 unspecified atom stereocenters. The number of anilines is 1. The lowest BCUT2D eigenvalue weighted by Crippen LogP contribution is -2.52. The van der Waals surface area contributed by atoms with Crippen molar-refractivity contribution >= 4 is 17.5 Å². The number of para-hydroxylation sites is 1. The number of benzene rings is 1. The highest BCUT2D eigenvalue weighted by Gasteiger charge is 2.54. The summed E-state index contributed by atoms with van der Waals surface area (Å²) in [5.74, 6) is 2.18. The van der Waals surface area contributed by atoms with Crippen molar-refractivity contribution in [1.29, 1.82) is 0 Å². The summed E-state index contributed by atoms with van der Waals surface area (Å²) >= 11 is 0. The number of amides is 2. The number of nitrogens with one attached hydrogen (secondary N) is 2. The SMILES string of the molecule is CC(C)(C)NC(=O)c1ccccc1NC(=O)C12CC3CC(CC(C3)C1)C2. The molecule has 0 radical (unpaired) electrons. The van der Waals surface area contributed by atoms with Crippen molar-refractivity contribution in [3.8, 4) is 0 Å². The van der Waals surface area contributed by atoms with Crippen LogP contribution in [0.3, 0.4) is 0 Å². The lowest BCUT2D eigenvalue weighted by molar-refractivity contribution is -0.140. The highest BCUT2D eigenvalue weighted by atomic mass is 16.2. The van der Waals surface area contributed by atoms with E-state index in [-0.39, 0.29) is 22.8 Å². The highest BCUT2D eigenvalue weighted by molar-refractivity contribution is 6.05. The van der Waals surface area contributed by atoms with E-state index in [9.17, 15) is 9.59 Å². The Bertz CT molecular complexity index is 697. The molecule has 0 aromatic heterocycles. The minimum atomic E-state index is -0.311. The van der Waals surface area contributed by atoms with Crippen LogP contribution in [0.1, 0.15) is 69.7 Å². The number of hydrogen-bond donors (Lipinski definition) is 2. The van der Waals surface area contributed by atoms with Crippen molar-refractivity contribution in [2.75, 3.05) is 5.32 Å². The lowest BCUT2D eigenvalue weighted by atomic mass is 9.49. The van der Waals surface area contributed by atoms with E-state index in [1.54, 1.807) is 6.07 Å². The molecular weight excluding hydrogens is 324 g/mol. The zero-order valence-corrected chi connectivity index (χ0v) is 16.1. The molecule has 4 aliphatic rings. The molecule has 5 rings (SSSR count). The van der Waals surface area contributed by atoms with Gasteiger partial charge in [0.05, 0.1) is 16.7 Å². The van der Waals surface area contributed by atoms with Crippen LogP contribution in [0.2, 0.25) is 0 Å². The highest BCUT2D eigenvalue weighted by Crippen LogP contribution is 2.60. The van der Waals surface area contributed by atoms with Gasteiger partial charge >= 0.3 is 0 Å². The van der Waals surface area contributed by atoms with Crippen molar-refractivity contribution in [3.63, 3.8) is 0 Å². The third kappa shape index (κ3) is 3.26. The Morgan fingerprint density at radius 2 is 1.50 bits per heavy atom. The Labute approximate surface area is 156 Å². The van der Waals surface area contributed by atoms with Gasteiger partial charge in [0, 0.05) is 5.54 Å². The first-order chi connectivity index (χ1) is 12.2. The molecule has 1 aromatic carbocycles. The standard InChI is InChI=1S/C22H30N2O2/c1-21(2,3)24-19(25)17-6-4-5-7-18(17)23-20(26)22-11-14-8-15(12-22)10-16(9-14)13-22/h4-7,14-16H,8-13H2,1-3H3,(H,23,26)(H,24,25). The lowest BCUT2D eigenvalue weighted by Gasteiger charge is -2.55. The molecule has 0 saturated heterocycles. The summed E-state index contributed by atoms with van der Waals surface area (Å²) < 4.78 is 0. The van der Waals surface area contributed by atoms with E-state index in [2.05, 4.69) is 10.6 Å². The second-order valence-electron chi connectivity index (χ2n) is 9.90. The van der Waals surface area contributed by atoms with Gasteiger partial charge < -0.3 is 10.6 Å². The maximum Gasteiger partial charge on any atom is 0.253 e. The van der Waals surface area contributed by atoms with Gasteiger partial charge in [-0.2, -0.15) is 0 Å². The summed E-state index contributed by atoms with van der Waals surface area (Å²) in [5, 5.41) is 6.13. The molecule has 4 aliphatic carbocycles. The molecule has 0 spiro atoms. The zero-order valence-electron chi connectivity index (χ0n) is 16.1. The van der Waals surface area contributed by atoms with E-state index in [4.69, 9.17) is 0 Å². The van der Waals surface area contributed by atoms with Gasteiger partial charge in [0.15, 0.2) is 0 Å². The summed E-state index contributed by atoms with van der Waals surface area (Å²) in [6.07, 6.45) is 7.04. The Hall–Kier alpha value is -1.84. The van der Waals surface area contributed by atoms with Crippen molar-refractivity contribution < 1.29 is 9.59 Å². The number of rotatable bonds is 3. The van der Waals surface area contributed by atoms with Crippen LogP contribution in [0, 0.1) is 23.2 Å². The monoisotopic (exact) mass is 354 g/mol. The number of hydrogen-bond acceptors (Lipinski definition) is 2. The summed E-state index contributed by atoms with van der Waals surface area (Å²) in [6.45, 7) is 5.88. The average Bonchev–Trinajstić information content (AvgIpc) is 2.52. The van der Waals surface area contributed by atoms with Gasteiger partial charge in [0.25, 0.3) is 5.91 Å². The van der Waals surface area contributed by atoms with Crippen LogP contribution in [0.25, 0.3) is 0 Å². The van der Waals surface area contributed by atoms with Crippen LogP contribution in [-0.2, 0) is 4.79 Å². The Kier molecular flexibility index (Phi) is 4.13. The van der Waals surface area contributed by atoms with Gasteiger partial charge in [-0.05, 0) is 89.2 Å². The fourth-order valence-corrected chi connectivity index (χ4v) is 5.84. The summed E-state index contributed by atoms with van der Waals surface area (Å²) in [4.78, 5) is 25.9. The van der Waals surface area contributed by atoms with Crippen molar-refractivity contribution in [1.82, 2.24) is 5.32 Å². The fraction of sp³-hybridized carbons (Fsp3) is 0.636. The first-order valence-corrected chi connectivity index (χ1v) is 9.97. The van der Waals surface area contributed by atoms with E-state index < -0.39 is 0 Å². The van der Waals surface area contributed by atoms with Crippen LogP contribution in [-0.4, -0.2) is 17.4 Å². The maximum absolute atomic E-state index is 13.3. The first kappa shape index (κ1) is 17.6. The van der Waals surface area contributed by atoms with Crippen LogP contribution < -0.4 is 10.6 Å².